The van der Waals surface area contributed by atoms with Crippen molar-refractivity contribution < 1.29 is 9.59 Å². The summed E-state index contributed by atoms with van der Waals surface area (Å²) in [5, 5.41) is 11.1. The second kappa shape index (κ2) is 11.0. The number of benzene rings is 2. The predicted molar refractivity (Wildman–Crippen MR) is 143 cm³/mol. The second-order valence-corrected chi connectivity index (χ2v) is 10.6. The van der Waals surface area contributed by atoms with Crippen LogP contribution in [0.3, 0.4) is 0 Å². The molecule has 35 heavy (non-hydrogen) atoms. The van der Waals surface area contributed by atoms with Gasteiger partial charge in [-0.1, -0.05) is 70.5 Å². The number of amides is 3. The van der Waals surface area contributed by atoms with Crippen molar-refractivity contribution in [2.24, 2.45) is 5.92 Å². The van der Waals surface area contributed by atoms with Crippen molar-refractivity contribution >= 4 is 35.0 Å². The zero-order chi connectivity index (χ0) is 25.8. The van der Waals surface area contributed by atoms with Crippen LogP contribution in [0.2, 0.25) is 5.02 Å². The number of hydrogen-bond acceptors (Lipinski definition) is 3. The van der Waals surface area contributed by atoms with Crippen molar-refractivity contribution in [1.29, 1.82) is 0 Å². The van der Waals surface area contributed by atoms with Crippen molar-refractivity contribution in [3.05, 3.63) is 70.9 Å². The van der Waals surface area contributed by atoms with Crippen LogP contribution in [-0.4, -0.2) is 39.7 Å². The van der Waals surface area contributed by atoms with Gasteiger partial charge >= 0.3 is 6.03 Å². The Bertz CT molecular complexity index is 1200. The van der Waals surface area contributed by atoms with E-state index < -0.39 is 0 Å². The number of carbonyl (C=O) groups excluding carboxylic acids is 2. The molecule has 0 atom stereocenters. The molecule has 7 nitrogen and oxygen atoms in total. The standard InChI is InChI=1S/C27H34ClN5O2/c1-18(2)16-32(26(35)29-21-12-9-11-20(28)14-21)17-25(34)30-24-15-23(27(4,5)6)31-33(24)22-13-8-7-10-19(22)3/h7-15,18H,16-17H2,1-6H3,(H,29,35)(H,30,34). The van der Waals surface area contributed by atoms with Crippen molar-refractivity contribution in [3.63, 3.8) is 0 Å². The van der Waals surface area contributed by atoms with Gasteiger partial charge in [0.2, 0.25) is 5.91 Å². The summed E-state index contributed by atoms with van der Waals surface area (Å²) in [6.45, 7) is 12.6. The van der Waals surface area contributed by atoms with E-state index in [4.69, 9.17) is 16.7 Å². The number of para-hydroxylation sites is 1. The van der Waals surface area contributed by atoms with E-state index in [2.05, 4.69) is 31.4 Å². The number of rotatable bonds is 7. The minimum Gasteiger partial charge on any atom is -0.315 e. The Kier molecular flexibility index (Phi) is 8.22. The molecule has 0 aliphatic heterocycles. The Hall–Kier alpha value is -3.32. The molecule has 0 saturated carbocycles. The van der Waals surface area contributed by atoms with E-state index in [1.54, 1.807) is 28.9 Å². The fourth-order valence-electron chi connectivity index (χ4n) is 3.61. The van der Waals surface area contributed by atoms with Gasteiger partial charge in [0.15, 0.2) is 0 Å². The van der Waals surface area contributed by atoms with Crippen LogP contribution >= 0.6 is 11.6 Å². The third-order valence-electron chi connectivity index (χ3n) is 5.37. The van der Waals surface area contributed by atoms with Gasteiger partial charge in [0.1, 0.15) is 12.4 Å². The summed E-state index contributed by atoms with van der Waals surface area (Å²) in [6, 6.07) is 16.3. The maximum absolute atomic E-state index is 13.1. The molecule has 0 unspecified atom stereocenters. The zero-order valence-electron chi connectivity index (χ0n) is 21.2. The maximum atomic E-state index is 13.1. The molecule has 2 N–H and O–H groups in total. The number of hydrogen-bond donors (Lipinski definition) is 2. The van der Waals surface area contributed by atoms with Gasteiger partial charge in [0.25, 0.3) is 0 Å². The van der Waals surface area contributed by atoms with E-state index in [9.17, 15) is 9.59 Å². The minimum absolute atomic E-state index is 0.103. The Morgan fingerprint density at radius 1 is 1.06 bits per heavy atom. The molecule has 3 aromatic rings. The zero-order valence-corrected chi connectivity index (χ0v) is 22.0. The third-order valence-corrected chi connectivity index (χ3v) is 5.61. The first-order valence-electron chi connectivity index (χ1n) is 11.7. The van der Waals surface area contributed by atoms with Crippen LogP contribution in [0.5, 0.6) is 0 Å². The maximum Gasteiger partial charge on any atom is 0.322 e. The fourth-order valence-corrected chi connectivity index (χ4v) is 3.80. The van der Waals surface area contributed by atoms with Gasteiger partial charge < -0.3 is 15.5 Å². The molecule has 2 aromatic carbocycles. The quantitative estimate of drug-likeness (QED) is 0.406. The summed E-state index contributed by atoms with van der Waals surface area (Å²) in [4.78, 5) is 27.6. The van der Waals surface area contributed by atoms with E-state index >= 15 is 0 Å². The summed E-state index contributed by atoms with van der Waals surface area (Å²) >= 11 is 6.04. The molecule has 1 heterocycles. The number of nitrogens with zero attached hydrogens (tertiary/aromatic N) is 3. The molecule has 8 heteroatoms. The highest BCUT2D eigenvalue weighted by molar-refractivity contribution is 6.30. The van der Waals surface area contributed by atoms with Crippen molar-refractivity contribution in [2.45, 2.75) is 47.0 Å². The molecule has 0 saturated heterocycles. The predicted octanol–water partition coefficient (Wildman–Crippen LogP) is 6.26. The van der Waals surface area contributed by atoms with E-state index in [1.165, 1.54) is 4.90 Å². The molecule has 0 bridgehead atoms. The SMILES string of the molecule is Cc1ccccc1-n1nc(C(C)(C)C)cc1NC(=O)CN(CC(C)C)C(=O)Nc1cccc(Cl)c1. The van der Waals surface area contributed by atoms with Crippen molar-refractivity contribution in [1.82, 2.24) is 14.7 Å². The first-order valence-corrected chi connectivity index (χ1v) is 12.1. The number of aryl methyl sites for hydroxylation is 1. The molecular weight excluding hydrogens is 462 g/mol. The monoisotopic (exact) mass is 495 g/mol. The van der Waals surface area contributed by atoms with Gasteiger partial charge in [-0.25, -0.2) is 9.48 Å². The van der Waals surface area contributed by atoms with E-state index in [-0.39, 0.29) is 29.8 Å². The van der Waals surface area contributed by atoms with Crippen LogP contribution < -0.4 is 10.6 Å². The number of nitrogens with one attached hydrogen (secondary N) is 2. The second-order valence-electron chi connectivity index (χ2n) is 10.1. The molecule has 0 radical (unpaired) electrons. The summed E-state index contributed by atoms with van der Waals surface area (Å²) < 4.78 is 1.76. The van der Waals surface area contributed by atoms with Gasteiger partial charge in [-0.2, -0.15) is 5.10 Å². The van der Waals surface area contributed by atoms with Gasteiger partial charge in [-0.3, -0.25) is 4.79 Å². The van der Waals surface area contributed by atoms with Crippen LogP contribution in [0.4, 0.5) is 16.3 Å². The first-order chi connectivity index (χ1) is 16.4. The van der Waals surface area contributed by atoms with Crippen LogP contribution in [0.15, 0.2) is 54.6 Å². The highest BCUT2D eigenvalue weighted by Gasteiger charge is 2.24. The molecule has 0 spiro atoms. The highest BCUT2D eigenvalue weighted by Crippen LogP contribution is 2.27. The van der Waals surface area contributed by atoms with Crippen LogP contribution in [-0.2, 0) is 10.2 Å². The molecule has 3 amide bonds. The summed E-state index contributed by atoms with van der Waals surface area (Å²) in [5.74, 6) is 0.439. The van der Waals surface area contributed by atoms with Gasteiger partial charge in [0.05, 0.1) is 11.4 Å². The minimum atomic E-state index is -0.362. The number of carbonyl (C=O) groups is 2. The molecule has 1 aromatic heterocycles. The van der Waals surface area contributed by atoms with Crippen molar-refractivity contribution in [3.8, 4) is 5.69 Å². The third kappa shape index (κ3) is 7.09. The largest absolute Gasteiger partial charge is 0.322 e. The fraction of sp³-hybridized carbons (Fsp3) is 0.370. The van der Waals surface area contributed by atoms with E-state index in [1.807, 2.05) is 51.1 Å². The average Bonchev–Trinajstić information content (AvgIpc) is 3.17. The number of anilines is 2. The average molecular weight is 496 g/mol. The van der Waals surface area contributed by atoms with Gasteiger partial charge in [0, 0.05) is 28.7 Å². The molecule has 3 rings (SSSR count). The Morgan fingerprint density at radius 2 is 1.77 bits per heavy atom. The number of halogens is 1. The lowest BCUT2D eigenvalue weighted by Gasteiger charge is -2.24. The lowest BCUT2D eigenvalue weighted by Crippen LogP contribution is -2.42. The highest BCUT2D eigenvalue weighted by atomic mass is 35.5. The molecule has 186 valence electrons. The summed E-state index contributed by atoms with van der Waals surface area (Å²) in [5.41, 5.74) is 3.15. The lowest BCUT2D eigenvalue weighted by atomic mass is 9.92. The first kappa shape index (κ1) is 26.3. The summed E-state index contributed by atoms with van der Waals surface area (Å²) in [7, 11) is 0. The Balaban J connectivity index is 1.83. The molecular formula is C27H34ClN5O2. The number of urea groups is 1. The van der Waals surface area contributed by atoms with Crippen LogP contribution in [0.1, 0.15) is 45.9 Å². The molecule has 0 fully saturated rings. The molecule has 0 aliphatic carbocycles. The smallest absolute Gasteiger partial charge is 0.315 e. The number of aromatic nitrogens is 2. The summed E-state index contributed by atoms with van der Waals surface area (Å²) in [6.07, 6.45) is 0. The lowest BCUT2D eigenvalue weighted by molar-refractivity contribution is -0.116. The van der Waals surface area contributed by atoms with Gasteiger partial charge in [-0.05, 0) is 42.7 Å². The van der Waals surface area contributed by atoms with E-state index in [0.717, 1.165) is 16.9 Å². The normalized spacial score (nSPS) is 11.4. The molecule has 0 aliphatic rings. The Morgan fingerprint density at radius 3 is 2.40 bits per heavy atom. The Labute approximate surface area is 212 Å². The van der Waals surface area contributed by atoms with Crippen LogP contribution in [0.25, 0.3) is 5.69 Å². The van der Waals surface area contributed by atoms with Gasteiger partial charge in [-0.15, -0.1) is 0 Å². The topological polar surface area (TPSA) is 79.3 Å². The van der Waals surface area contributed by atoms with Crippen LogP contribution in [0, 0.1) is 12.8 Å². The van der Waals surface area contributed by atoms with E-state index in [0.29, 0.717) is 23.1 Å². The van der Waals surface area contributed by atoms with Crippen molar-refractivity contribution in [2.75, 3.05) is 23.7 Å².